The van der Waals surface area contributed by atoms with E-state index >= 15 is 0 Å². The molecular formula is C15H23N7O2. The number of amides is 3. The highest BCUT2D eigenvalue weighted by atomic mass is 16.2. The van der Waals surface area contributed by atoms with Gasteiger partial charge in [-0.2, -0.15) is 15.0 Å². The summed E-state index contributed by atoms with van der Waals surface area (Å²) >= 11 is 0. The minimum absolute atomic E-state index is 0.00725. The minimum Gasteiger partial charge on any atom is -0.368 e. The summed E-state index contributed by atoms with van der Waals surface area (Å²) in [5.41, 5.74) is 4.93. The van der Waals surface area contributed by atoms with Crippen LogP contribution in [0.3, 0.4) is 0 Å². The summed E-state index contributed by atoms with van der Waals surface area (Å²) in [7, 11) is 3.57. The minimum atomic E-state index is -0.779. The lowest BCUT2D eigenvalue weighted by Crippen LogP contribution is -2.53. The maximum absolute atomic E-state index is 12.9. The van der Waals surface area contributed by atoms with Crippen LogP contribution in [0.15, 0.2) is 0 Å². The molecule has 2 fully saturated rings. The molecule has 1 saturated carbocycles. The molecule has 130 valence electrons. The molecule has 0 bridgehead atoms. The smallest absolute Gasteiger partial charge is 0.325 e. The molecule has 2 aliphatic rings. The maximum atomic E-state index is 12.9. The number of aromatic nitrogens is 3. The second-order valence-electron chi connectivity index (χ2n) is 6.74. The fourth-order valence-corrected chi connectivity index (χ4v) is 3.48. The lowest BCUT2D eigenvalue weighted by Gasteiger charge is -2.36. The van der Waals surface area contributed by atoms with Crippen LogP contribution in [-0.4, -0.2) is 51.4 Å². The van der Waals surface area contributed by atoms with E-state index in [0.29, 0.717) is 18.2 Å². The van der Waals surface area contributed by atoms with Crippen LogP contribution >= 0.6 is 0 Å². The van der Waals surface area contributed by atoms with Crippen LogP contribution in [0.1, 0.15) is 38.4 Å². The van der Waals surface area contributed by atoms with Gasteiger partial charge in [0.2, 0.25) is 11.9 Å². The third-order valence-electron chi connectivity index (χ3n) is 4.89. The number of rotatable bonds is 3. The van der Waals surface area contributed by atoms with Gasteiger partial charge in [-0.25, -0.2) is 4.79 Å². The summed E-state index contributed by atoms with van der Waals surface area (Å²) in [6, 6.07) is -0.390. The first-order chi connectivity index (χ1) is 11.3. The van der Waals surface area contributed by atoms with Crippen molar-refractivity contribution in [1.29, 1.82) is 0 Å². The summed E-state index contributed by atoms with van der Waals surface area (Å²) in [4.78, 5) is 40.6. The molecule has 2 atom stereocenters. The molecule has 3 rings (SSSR count). The van der Waals surface area contributed by atoms with E-state index in [1.165, 1.54) is 4.90 Å². The molecular weight excluding hydrogens is 310 g/mol. The Morgan fingerprint density at radius 3 is 2.71 bits per heavy atom. The summed E-state index contributed by atoms with van der Waals surface area (Å²) in [5.74, 6) is 0.690. The number of nitrogens with two attached hydrogens (primary N) is 1. The molecule has 1 spiro atoms. The van der Waals surface area contributed by atoms with Gasteiger partial charge in [-0.3, -0.25) is 9.69 Å². The molecule has 1 aliphatic carbocycles. The van der Waals surface area contributed by atoms with Gasteiger partial charge in [0.25, 0.3) is 5.91 Å². The fourth-order valence-electron chi connectivity index (χ4n) is 3.48. The molecule has 24 heavy (non-hydrogen) atoms. The van der Waals surface area contributed by atoms with Gasteiger partial charge in [0.1, 0.15) is 5.54 Å². The number of nitrogens with one attached hydrogen (secondary N) is 1. The average Bonchev–Trinajstić information content (AvgIpc) is 2.75. The largest absolute Gasteiger partial charge is 0.368 e. The Kier molecular flexibility index (Phi) is 4.02. The molecule has 0 aromatic carbocycles. The molecule has 0 unspecified atom stereocenters. The van der Waals surface area contributed by atoms with Crippen LogP contribution in [0.25, 0.3) is 0 Å². The third kappa shape index (κ3) is 2.63. The predicted octanol–water partition coefficient (Wildman–Crippen LogP) is 0.521. The number of nitrogen functional groups attached to an aromatic ring is 1. The fraction of sp³-hybridized carbons (Fsp3) is 0.667. The number of nitrogens with zero attached hydrogens (tertiary/aromatic N) is 5. The topological polar surface area (TPSA) is 117 Å². The summed E-state index contributed by atoms with van der Waals surface area (Å²) < 4.78 is 0. The zero-order valence-electron chi connectivity index (χ0n) is 14.2. The molecule has 1 aromatic heterocycles. The number of carbonyl (C=O) groups is 2. The monoisotopic (exact) mass is 333 g/mol. The molecule has 1 aliphatic heterocycles. The van der Waals surface area contributed by atoms with Crippen LogP contribution in [0.5, 0.6) is 0 Å². The van der Waals surface area contributed by atoms with Crippen LogP contribution in [0, 0.1) is 5.92 Å². The first-order valence-corrected chi connectivity index (χ1v) is 8.15. The second kappa shape index (κ2) is 5.88. The van der Waals surface area contributed by atoms with Crippen molar-refractivity contribution in [1.82, 2.24) is 25.2 Å². The van der Waals surface area contributed by atoms with Gasteiger partial charge in [-0.15, -0.1) is 0 Å². The summed E-state index contributed by atoms with van der Waals surface area (Å²) in [6.07, 6.45) is 3.64. The number of anilines is 2. The highest BCUT2D eigenvalue weighted by molar-refractivity contribution is 6.07. The van der Waals surface area contributed by atoms with Gasteiger partial charge in [0.05, 0.1) is 6.54 Å². The normalized spacial score (nSPS) is 26.8. The number of hydrogen-bond donors (Lipinski definition) is 2. The lowest BCUT2D eigenvalue weighted by molar-refractivity contribution is -0.134. The Hall–Kier alpha value is -2.45. The Bertz CT molecular complexity index is 678. The Labute approximate surface area is 140 Å². The van der Waals surface area contributed by atoms with Gasteiger partial charge >= 0.3 is 6.03 Å². The van der Waals surface area contributed by atoms with Crippen molar-refractivity contribution >= 4 is 23.8 Å². The molecule has 9 heteroatoms. The van der Waals surface area contributed by atoms with E-state index in [0.717, 1.165) is 19.3 Å². The second-order valence-corrected chi connectivity index (χ2v) is 6.74. The van der Waals surface area contributed by atoms with Crippen molar-refractivity contribution < 1.29 is 9.59 Å². The van der Waals surface area contributed by atoms with Crippen molar-refractivity contribution in [2.24, 2.45) is 5.92 Å². The van der Waals surface area contributed by atoms with E-state index in [1.807, 2.05) is 6.92 Å². The van der Waals surface area contributed by atoms with Crippen molar-refractivity contribution in [3.63, 3.8) is 0 Å². The lowest BCUT2D eigenvalue weighted by atomic mass is 9.73. The first-order valence-electron chi connectivity index (χ1n) is 8.15. The van der Waals surface area contributed by atoms with Crippen LogP contribution < -0.4 is 16.0 Å². The zero-order chi connectivity index (χ0) is 17.5. The van der Waals surface area contributed by atoms with Gasteiger partial charge in [-0.05, 0) is 18.8 Å². The number of hydrogen-bond acceptors (Lipinski definition) is 7. The van der Waals surface area contributed by atoms with Crippen molar-refractivity contribution in [3.05, 3.63) is 5.82 Å². The third-order valence-corrected chi connectivity index (χ3v) is 4.89. The van der Waals surface area contributed by atoms with Crippen molar-refractivity contribution in [2.75, 3.05) is 24.7 Å². The molecule has 3 N–H and O–H groups in total. The van der Waals surface area contributed by atoms with E-state index in [2.05, 4.69) is 20.3 Å². The van der Waals surface area contributed by atoms with Gasteiger partial charge in [0, 0.05) is 14.1 Å². The standard InChI is InChI=1S/C15H23N7O2/c1-9-6-4-5-7-15(9)11(23)22(14(24)20-15)8-10-17-12(16)19-13(18-10)21(2)3/h9H,4-8H2,1-3H3,(H,20,24)(H2,16,17,18,19)/t9-,15-/m0/s1. The molecule has 9 nitrogen and oxygen atoms in total. The quantitative estimate of drug-likeness (QED) is 0.774. The van der Waals surface area contributed by atoms with Gasteiger partial charge in [0.15, 0.2) is 5.82 Å². The van der Waals surface area contributed by atoms with Gasteiger partial charge < -0.3 is 16.0 Å². The maximum Gasteiger partial charge on any atom is 0.325 e. The van der Waals surface area contributed by atoms with Crippen LogP contribution in [-0.2, 0) is 11.3 Å². The van der Waals surface area contributed by atoms with Crippen molar-refractivity contribution in [3.8, 4) is 0 Å². The number of carbonyl (C=O) groups excluding carboxylic acids is 2. The highest BCUT2D eigenvalue weighted by Crippen LogP contribution is 2.38. The molecule has 1 aromatic rings. The van der Waals surface area contributed by atoms with E-state index in [-0.39, 0.29) is 30.3 Å². The van der Waals surface area contributed by atoms with E-state index in [1.54, 1.807) is 19.0 Å². The zero-order valence-corrected chi connectivity index (χ0v) is 14.2. The molecule has 2 heterocycles. The number of imide groups is 1. The summed E-state index contributed by atoms with van der Waals surface area (Å²) in [6.45, 7) is 2.01. The van der Waals surface area contributed by atoms with Gasteiger partial charge in [-0.1, -0.05) is 19.8 Å². The van der Waals surface area contributed by atoms with E-state index in [4.69, 9.17) is 5.73 Å². The van der Waals surface area contributed by atoms with Crippen LogP contribution in [0.2, 0.25) is 0 Å². The molecule has 3 amide bonds. The SMILES string of the molecule is C[C@H]1CCCC[C@]12NC(=O)N(Cc1nc(N)nc(N(C)C)n1)C2=O. The average molecular weight is 333 g/mol. The Morgan fingerprint density at radius 1 is 1.29 bits per heavy atom. The van der Waals surface area contributed by atoms with E-state index < -0.39 is 5.54 Å². The molecule has 0 radical (unpaired) electrons. The molecule has 1 saturated heterocycles. The van der Waals surface area contributed by atoms with E-state index in [9.17, 15) is 9.59 Å². The van der Waals surface area contributed by atoms with Crippen molar-refractivity contribution in [2.45, 2.75) is 44.7 Å². The Morgan fingerprint density at radius 2 is 2.04 bits per heavy atom. The number of urea groups is 1. The Balaban J connectivity index is 1.86. The first kappa shape index (κ1) is 16.4. The van der Waals surface area contributed by atoms with Crippen LogP contribution in [0.4, 0.5) is 16.7 Å². The summed E-state index contributed by atoms with van der Waals surface area (Å²) in [5, 5.41) is 2.92. The highest BCUT2D eigenvalue weighted by Gasteiger charge is 2.54. The predicted molar refractivity (Wildman–Crippen MR) is 88.0 cm³/mol.